The normalized spacial score (nSPS) is 25.2. The van der Waals surface area contributed by atoms with E-state index in [2.05, 4.69) is 0 Å². The highest BCUT2D eigenvalue weighted by atomic mass is 32.2. The van der Waals surface area contributed by atoms with E-state index in [9.17, 15) is 4.39 Å². The van der Waals surface area contributed by atoms with Crippen molar-refractivity contribution in [3.63, 3.8) is 0 Å². The molecule has 1 saturated heterocycles. The van der Waals surface area contributed by atoms with Crippen molar-refractivity contribution in [2.24, 2.45) is 0 Å². The highest BCUT2D eigenvalue weighted by molar-refractivity contribution is 7.99. The van der Waals surface area contributed by atoms with Crippen LogP contribution in [0.5, 0.6) is 0 Å². The zero-order chi connectivity index (χ0) is 13.3. The lowest BCUT2D eigenvalue weighted by Gasteiger charge is -2.23. The zero-order valence-electron chi connectivity index (χ0n) is 11.0. The number of nitrogens with two attached hydrogens (primary N) is 1. The first kappa shape index (κ1) is 13.3. The first-order chi connectivity index (χ1) is 9.17. The Bertz CT molecular complexity index is 459. The Balaban J connectivity index is 1.57. The fourth-order valence-electron chi connectivity index (χ4n) is 3.22. The van der Waals surface area contributed by atoms with E-state index in [-0.39, 0.29) is 11.4 Å². The summed E-state index contributed by atoms with van der Waals surface area (Å²) in [7, 11) is 0. The van der Waals surface area contributed by atoms with Crippen molar-refractivity contribution in [1.82, 2.24) is 0 Å². The Labute approximate surface area is 117 Å². The van der Waals surface area contributed by atoms with Crippen LogP contribution in [0.4, 0.5) is 10.1 Å². The van der Waals surface area contributed by atoms with Gasteiger partial charge in [0.05, 0.1) is 11.7 Å². The van der Waals surface area contributed by atoms with Crippen LogP contribution in [-0.4, -0.2) is 17.5 Å². The quantitative estimate of drug-likeness (QED) is 0.672. The van der Waals surface area contributed by atoms with Gasteiger partial charge in [-0.3, -0.25) is 0 Å². The molecule has 4 heteroatoms. The second-order valence-corrected chi connectivity index (χ2v) is 6.72. The second kappa shape index (κ2) is 5.33. The average molecular weight is 281 g/mol. The molecule has 1 aromatic rings. The SMILES string of the molecule is Nc1ccc(F)cc1SCC1CCC2(CCCC2)O1. The van der Waals surface area contributed by atoms with E-state index in [4.69, 9.17) is 10.5 Å². The second-order valence-electron chi connectivity index (χ2n) is 5.66. The van der Waals surface area contributed by atoms with Gasteiger partial charge in [0.2, 0.25) is 0 Å². The largest absolute Gasteiger partial charge is 0.398 e. The van der Waals surface area contributed by atoms with Crippen molar-refractivity contribution in [2.45, 2.75) is 55.1 Å². The lowest BCUT2D eigenvalue weighted by atomic mass is 9.98. The van der Waals surface area contributed by atoms with Crippen molar-refractivity contribution in [3.8, 4) is 0 Å². The van der Waals surface area contributed by atoms with Crippen molar-refractivity contribution < 1.29 is 9.13 Å². The summed E-state index contributed by atoms with van der Waals surface area (Å²) in [6.07, 6.45) is 7.66. The van der Waals surface area contributed by atoms with E-state index in [1.165, 1.54) is 44.2 Å². The molecule has 1 atom stereocenters. The first-order valence-corrected chi connectivity index (χ1v) is 8.01. The highest BCUT2D eigenvalue weighted by Crippen LogP contribution is 2.44. The average Bonchev–Trinajstić information content (AvgIpc) is 3.02. The van der Waals surface area contributed by atoms with Crippen LogP contribution in [-0.2, 0) is 4.74 Å². The fourth-order valence-corrected chi connectivity index (χ4v) is 4.25. The van der Waals surface area contributed by atoms with Gasteiger partial charge in [0, 0.05) is 16.3 Å². The van der Waals surface area contributed by atoms with Gasteiger partial charge in [-0.05, 0) is 43.9 Å². The summed E-state index contributed by atoms with van der Waals surface area (Å²) in [5.74, 6) is 0.645. The molecule has 1 unspecified atom stereocenters. The minimum atomic E-state index is -0.226. The summed E-state index contributed by atoms with van der Waals surface area (Å²) in [5, 5.41) is 0. The molecule has 104 valence electrons. The summed E-state index contributed by atoms with van der Waals surface area (Å²) >= 11 is 1.61. The summed E-state index contributed by atoms with van der Waals surface area (Å²) in [6, 6.07) is 4.55. The van der Waals surface area contributed by atoms with Gasteiger partial charge in [0.25, 0.3) is 0 Å². The molecule has 0 aromatic heterocycles. The van der Waals surface area contributed by atoms with Gasteiger partial charge in [0.15, 0.2) is 0 Å². The van der Waals surface area contributed by atoms with Crippen LogP contribution in [0, 0.1) is 5.82 Å². The predicted octanol–water partition coefficient (Wildman–Crippen LogP) is 3.99. The number of hydrogen-bond acceptors (Lipinski definition) is 3. The van der Waals surface area contributed by atoms with Gasteiger partial charge in [-0.15, -0.1) is 11.8 Å². The molecule has 19 heavy (non-hydrogen) atoms. The van der Waals surface area contributed by atoms with E-state index < -0.39 is 0 Å². The van der Waals surface area contributed by atoms with E-state index in [1.54, 1.807) is 17.8 Å². The Morgan fingerprint density at radius 2 is 2.11 bits per heavy atom. The minimum absolute atomic E-state index is 0.179. The maximum absolute atomic E-state index is 13.2. The molecule has 1 spiro atoms. The molecule has 1 aromatic carbocycles. The number of rotatable bonds is 3. The van der Waals surface area contributed by atoms with E-state index in [0.717, 1.165) is 17.1 Å². The first-order valence-electron chi connectivity index (χ1n) is 7.03. The van der Waals surface area contributed by atoms with Crippen LogP contribution in [0.2, 0.25) is 0 Å². The Morgan fingerprint density at radius 1 is 1.32 bits per heavy atom. The molecule has 0 bridgehead atoms. The van der Waals surface area contributed by atoms with E-state index >= 15 is 0 Å². The summed E-state index contributed by atoms with van der Waals surface area (Å²) in [5.41, 5.74) is 6.69. The molecule has 2 aliphatic rings. The molecule has 2 N–H and O–H groups in total. The predicted molar refractivity (Wildman–Crippen MR) is 76.8 cm³/mol. The van der Waals surface area contributed by atoms with Crippen molar-refractivity contribution in [3.05, 3.63) is 24.0 Å². The molecule has 2 nitrogen and oxygen atoms in total. The van der Waals surface area contributed by atoms with Crippen molar-refractivity contribution >= 4 is 17.4 Å². The van der Waals surface area contributed by atoms with E-state index in [0.29, 0.717) is 11.8 Å². The van der Waals surface area contributed by atoms with Crippen LogP contribution >= 0.6 is 11.8 Å². The Morgan fingerprint density at radius 3 is 2.89 bits per heavy atom. The number of ether oxygens (including phenoxy) is 1. The monoisotopic (exact) mass is 281 g/mol. The third-order valence-electron chi connectivity index (χ3n) is 4.25. The topological polar surface area (TPSA) is 35.2 Å². The summed E-state index contributed by atoms with van der Waals surface area (Å²) in [6.45, 7) is 0. The Hall–Kier alpha value is -0.740. The number of hydrogen-bond donors (Lipinski definition) is 1. The molecule has 3 rings (SSSR count). The van der Waals surface area contributed by atoms with Crippen molar-refractivity contribution in [1.29, 1.82) is 0 Å². The maximum Gasteiger partial charge on any atom is 0.124 e. The van der Waals surface area contributed by atoms with Gasteiger partial charge < -0.3 is 10.5 Å². The van der Waals surface area contributed by atoms with Crippen LogP contribution < -0.4 is 5.73 Å². The molecule has 1 aliphatic heterocycles. The fraction of sp³-hybridized carbons (Fsp3) is 0.600. The number of halogens is 1. The number of benzene rings is 1. The Kier molecular flexibility index (Phi) is 3.72. The smallest absolute Gasteiger partial charge is 0.124 e. The minimum Gasteiger partial charge on any atom is -0.398 e. The number of anilines is 1. The molecular formula is C15H20FNOS. The maximum atomic E-state index is 13.2. The van der Waals surface area contributed by atoms with Crippen molar-refractivity contribution in [2.75, 3.05) is 11.5 Å². The molecular weight excluding hydrogens is 261 g/mol. The van der Waals surface area contributed by atoms with Crippen LogP contribution in [0.3, 0.4) is 0 Å². The molecule has 0 radical (unpaired) electrons. The lowest BCUT2D eigenvalue weighted by molar-refractivity contribution is -0.0267. The number of nitrogen functional groups attached to an aromatic ring is 1. The van der Waals surface area contributed by atoms with Crippen LogP contribution in [0.25, 0.3) is 0 Å². The molecule has 1 aliphatic carbocycles. The van der Waals surface area contributed by atoms with Gasteiger partial charge in [-0.25, -0.2) is 4.39 Å². The third kappa shape index (κ3) is 2.90. The van der Waals surface area contributed by atoms with E-state index in [1.807, 2.05) is 0 Å². The van der Waals surface area contributed by atoms with Crippen LogP contribution in [0.15, 0.2) is 23.1 Å². The van der Waals surface area contributed by atoms with Gasteiger partial charge in [-0.2, -0.15) is 0 Å². The molecule has 1 heterocycles. The lowest BCUT2D eigenvalue weighted by Crippen LogP contribution is -2.25. The summed E-state index contributed by atoms with van der Waals surface area (Å²) in [4.78, 5) is 0.830. The number of thioether (sulfide) groups is 1. The summed E-state index contributed by atoms with van der Waals surface area (Å²) < 4.78 is 19.4. The molecule has 0 amide bonds. The standard InChI is InChI=1S/C15H20FNOS/c16-11-3-4-13(17)14(9-11)19-10-12-5-8-15(18-12)6-1-2-7-15/h3-4,9,12H,1-2,5-8,10,17H2. The molecule has 2 fully saturated rings. The van der Waals surface area contributed by atoms with Gasteiger partial charge >= 0.3 is 0 Å². The zero-order valence-corrected chi connectivity index (χ0v) is 11.8. The molecule has 1 saturated carbocycles. The van der Waals surface area contributed by atoms with Crippen LogP contribution in [0.1, 0.15) is 38.5 Å². The van der Waals surface area contributed by atoms with Gasteiger partial charge in [0.1, 0.15) is 5.82 Å². The van der Waals surface area contributed by atoms with Gasteiger partial charge in [-0.1, -0.05) is 12.8 Å². The third-order valence-corrected chi connectivity index (χ3v) is 5.46. The highest BCUT2D eigenvalue weighted by Gasteiger charge is 2.41.